The van der Waals surface area contributed by atoms with E-state index in [1.807, 2.05) is 4.90 Å². The van der Waals surface area contributed by atoms with Crippen molar-refractivity contribution >= 4 is 16.8 Å². The number of likely N-dealkylation sites (tertiary alicyclic amines) is 1. The second kappa shape index (κ2) is 5.44. The Morgan fingerprint density at radius 3 is 3.05 bits per heavy atom. The van der Waals surface area contributed by atoms with Crippen molar-refractivity contribution in [2.24, 2.45) is 17.6 Å². The lowest BCUT2D eigenvalue weighted by molar-refractivity contribution is 0.0464. The summed E-state index contributed by atoms with van der Waals surface area (Å²) in [4.78, 5) is 18.9. The maximum absolute atomic E-state index is 12.7. The Labute approximate surface area is 123 Å². The normalized spacial score (nSPS) is 26.2. The maximum Gasteiger partial charge on any atom is 0.272 e. The van der Waals surface area contributed by atoms with Crippen LogP contribution in [-0.4, -0.2) is 45.1 Å². The van der Waals surface area contributed by atoms with Gasteiger partial charge in [0.25, 0.3) is 5.91 Å². The van der Waals surface area contributed by atoms with Gasteiger partial charge in [-0.2, -0.15) is 5.10 Å². The molecule has 3 atom stereocenters. The molecule has 112 valence electrons. The summed E-state index contributed by atoms with van der Waals surface area (Å²) in [6.07, 6.45) is 4.35. The molecule has 6 nitrogen and oxygen atoms in total. The minimum Gasteiger partial charge on any atom is -0.334 e. The van der Waals surface area contributed by atoms with Crippen LogP contribution in [0.3, 0.4) is 0 Å². The number of aromatic nitrogens is 3. The first-order valence-electron chi connectivity index (χ1n) is 7.40. The lowest BCUT2D eigenvalue weighted by atomic mass is 9.83. The highest BCUT2D eigenvalue weighted by Gasteiger charge is 2.33. The van der Waals surface area contributed by atoms with Crippen molar-refractivity contribution in [1.82, 2.24) is 20.1 Å². The molecule has 1 fully saturated rings. The molecule has 1 aliphatic heterocycles. The molecule has 0 saturated carbocycles. The quantitative estimate of drug-likeness (QED) is 0.874. The number of aromatic amines is 1. The summed E-state index contributed by atoms with van der Waals surface area (Å²) in [6.45, 7) is 5.64. The number of nitrogens with two attached hydrogens (primary N) is 1. The van der Waals surface area contributed by atoms with E-state index in [-0.39, 0.29) is 11.9 Å². The number of rotatable bonds is 2. The molecule has 2 aromatic heterocycles. The average molecular weight is 287 g/mol. The number of H-pyrrole nitrogens is 1. The van der Waals surface area contributed by atoms with Crippen LogP contribution in [0.15, 0.2) is 18.5 Å². The zero-order valence-electron chi connectivity index (χ0n) is 12.4. The van der Waals surface area contributed by atoms with Crippen LogP contribution in [0.5, 0.6) is 0 Å². The van der Waals surface area contributed by atoms with E-state index in [0.717, 1.165) is 17.3 Å². The molecule has 2 aromatic rings. The summed E-state index contributed by atoms with van der Waals surface area (Å²) >= 11 is 0. The third kappa shape index (κ3) is 2.51. The Kier molecular flexibility index (Phi) is 3.63. The van der Waals surface area contributed by atoms with Gasteiger partial charge < -0.3 is 10.6 Å². The number of hydrogen-bond donors (Lipinski definition) is 2. The van der Waals surface area contributed by atoms with Crippen molar-refractivity contribution in [1.29, 1.82) is 0 Å². The first kappa shape index (κ1) is 14.0. The largest absolute Gasteiger partial charge is 0.334 e. The van der Waals surface area contributed by atoms with Crippen molar-refractivity contribution in [3.8, 4) is 0 Å². The zero-order valence-corrected chi connectivity index (χ0v) is 12.4. The highest BCUT2D eigenvalue weighted by Crippen LogP contribution is 2.28. The van der Waals surface area contributed by atoms with Crippen LogP contribution in [0.4, 0.5) is 0 Å². The van der Waals surface area contributed by atoms with Crippen LogP contribution >= 0.6 is 0 Å². The van der Waals surface area contributed by atoms with E-state index in [1.165, 1.54) is 0 Å². The van der Waals surface area contributed by atoms with Gasteiger partial charge in [0, 0.05) is 18.0 Å². The number of carbonyl (C=O) groups excluding carboxylic acids is 1. The first-order valence-corrected chi connectivity index (χ1v) is 7.40. The molecule has 0 radical (unpaired) electrons. The van der Waals surface area contributed by atoms with Gasteiger partial charge in [0.15, 0.2) is 0 Å². The second-order valence-corrected chi connectivity index (χ2v) is 6.04. The topological polar surface area (TPSA) is 87.9 Å². The van der Waals surface area contributed by atoms with Gasteiger partial charge in [0.2, 0.25) is 0 Å². The SMILES string of the molecule is CC1CC(C)N(C(=O)c2cc3cn[nH]c3cn2)CC1CN. The van der Waals surface area contributed by atoms with Crippen molar-refractivity contribution in [2.45, 2.75) is 26.3 Å². The summed E-state index contributed by atoms with van der Waals surface area (Å²) < 4.78 is 0. The van der Waals surface area contributed by atoms with E-state index in [2.05, 4.69) is 29.0 Å². The molecule has 0 aliphatic carbocycles. The molecule has 3 rings (SSSR count). The number of amides is 1. The van der Waals surface area contributed by atoms with Gasteiger partial charge in [-0.15, -0.1) is 0 Å². The maximum atomic E-state index is 12.7. The number of nitrogens with one attached hydrogen (secondary N) is 1. The van der Waals surface area contributed by atoms with Gasteiger partial charge in [0.1, 0.15) is 5.69 Å². The highest BCUT2D eigenvalue weighted by molar-refractivity contribution is 5.95. The Morgan fingerprint density at radius 2 is 2.29 bits per heavy atom. The molecular weight excluding hydrogens is 266 g/mol. The van der Waals surface area contributed by atoms with Crippen LogP contribution < -0.4 is 5.73 Å². The van der Waals surface area contributed by atoms with Crippen LogP contribution in [0.2, 0.25) is 0 Å². The average Bonchev–Trinajstić information content (AvgIpc) is 2.94. The monoisotopic (exact) mass is 287 g/mol. The molecule has 0 bridgehead atoms. The van der Waals surface area contributed by atoms with Crippen LogP contribution in [-0.2, 0) is 0 Å². The number of piperidine rings is 1. The smallest absolute Gasteiger partial charge is 0.272 e. The van der Waals surface area contributed by atoms with Gasteiger partial charge >= 0.3 is 0 Å². The molecule has 3 unspecified atom stereocenters. The molecule has 1 aliphatic rings. The fourth-order valence-electron chi connectivity index (χ4n) is 3.17. The lowest BCUT2D eigenvalue weighted by Gasteiger charge is -2.41. The number of carbonyl (C=O) groups is 1. The standard InChI is InChI=1S/C15H21N5O/c1-9-3-10(2)20(8-12(9)5-16)15(21)13-4-11-6-18-19-14(11)7-17-13/h4,6-7,9-10,12H,3,5,8,16H2,1-2H3,(H,18,19). The fourth-order valence-corrected chi connectivity index (χ4v) is 3.17. The Balaban J connectivity index is 1.86. The molecule has 3 heterocycles. The molecule has 1 saturated heterocycles. The number of pyridine rings is 1. The third-order valence-electron chi connectivity index (χ3n) is 4.59. The van der Waals surface area contributed by atoms with Gasteiger partial charge in [-0.05, 0) is 37.8 Å². The summed E-state index contributed by atoms with van der Waals surface area (Å²) in [5.41, 5.74) is 7.15. The van der Waals surface area contributed by atoms with Crippen molar-refractivity contribution in [3.05, 3.63) is 24.2 Å². The van der Waals surface area contributed by atoms with Crippen molar-refractivity contribution in [2.75, 3.05) is 13.1 Å². The Hall–Kier alpha value is -1.95. The van der Waals surface area contributed by atoms with E-state index in [1.54, 1.807) is 18.5 Å². The van der Waals surface area contributed by atoms with Crippen LogP contribution in [0.1, 0.15) is 30.8 Å². The first-order chi connectivity index (χ1) is 10.1. The van der Waals surface area contributed by atoms with Crippen LogP contribution in [0.25, 0.3) is 10.9 Å². The Morgan fingerprint density at radius 1 is 1.48 bits per heavy atom. The number of fused-ring (bicyclic) bond motifs is 1. The highest BCUT2D eigenvalue weighted by atomic mass is 16.2. The van der Waals surface area contributed by atoms with E-state index < -0.39 is 0 Å². The fraction of sp³-hybridized carbons (Fsp3) is 0.533. The predicted octanol–water partition coefficient (Wildman–Crippen LogP) is 1.40. The molecule has 6 heteroatoms. The van der Waals surface area contributed by atoms with Gasteiger partial charge in [0.05, 0.1) is 17.9 Å². The number of nitrogens with zero attached hydrogens (tertiary/aromatic N) is 3. The lowest BCUT2D eigenvalue weighted by Crippen LogP contribution is -2.50. The van der Waals surface area contributed by atoms with Crippen LogP contribution in [0, 0.1) is 11.8 Å². The Bertz CT molecular complexity index is 652. The summed E-state index contributed by atoms with van der Waals surface area (Å²) in [7, 11) is 0. The van der Waals surface area contributed by atoms with Gasteiger partial charge in [-0.25, -0.2) is 4.98 Å². The minimum absolute atomic E-state index is 0.0176. The van der Waals surface area contributed by atoms with E-state index >= 15 is 0 Å². The van der Waals surface area contributed by atoms with Gasteiger partial charge in [-0.3, -0.25) is 9.89 Å². The zero-order chi connectivity index (χ0) is 15.0. The molecule has 0 aromatic carbocycles. The molecule has 1 amide bonds. The van der Waals surface area contributed by atoms with E-state index in [0.29, 0.717) is 30.6 Å². The summed E-state index contributed by atoms with van der Waals surface area (Å²) in [5, 5.41) is 7.70. The van der Waals surface area contributed by atoms with Gasteiger partial charge in [-0.1, -0.05) is 6.92 Å². The van der Waals surface area contributed by atoms with E-state index in [9.17, 15) is 4.79 Å². The summed E-state index contributed by atoms with van der Waals surface area (Å²) in [5.74, 6) is 0.900. The molecule has 3 N–H and O–H groups in total. The minimum atomic E-state index is -0.0176. The second-order valence-electron chi connectivity index (χ2n) is 6.04. The van der Waals surface area contributed by atoms with Crippen molar-refractivity contribution < 1.29 is 4.79 Å². The predicted molar refractivity (Wildman–Crippen MR) is 80.7 cm³/mol. The number of hydrogen-bond acceptors (Lipinski definition) is 4. The third-order valence-corrected chi connectivity index (χ3v) is 4.59. The molecule has 0 spiro atoms. The molecule has 21 heavy (non-hydrogen) atoms. The summed E-state index contributed by atoms with van der Waals surface area (Å²) in [6, 6.07) is 2.01. The molecular formula is C15H21N5O. The van der Waals surface area contributed by atoms with Crippen molar-refractivity contribution in [3.63, 3.8) is 0 Å². The van der Waals surface area contributed by atoms with E-state index in [4.69, 9.17) is 5.73 Å².